The number of ether oxygens (including phenoxy) is 2. The molecular weight excluding hydrogens is 400 g/mol. The fraction of sp³-hybridized carbons (Fsp3) is 0.682. The average Bonchev–Trinajstić information content (AvgIpc) is 3.09. The number of aliphatic hydroxyl groups is 1. The molecule has 3 heterocycles. The molecule has 3 fully saturated rings. The van der Waals surface area contributed by atoms with Crippen LogP contribution in [0.1, 0.15) is 44.9 Å². The van der Waals surface area contributed by atoms with Gasteiger partial charge in [-0.25, -0.2) is 4.79 Å². The Bertz CT molecular complexity index is 826. The van der Waals surface area contributed by atoms with Crippen molar-refractivity contribution in [1.82, 2.24) is 9.88 Å². The number of pyridine rings is 1. The number of nitrogens with one attached hydrogen (secondary N) is 1. The minimum Gasteiger partial charge on any atom is -0.481 e. The smallest absolute Gasteiger partial charge is 0.411 e. The predicted molar refractivity (Wildman–Crippen MR) is 115 cm³/mol. The Morgan fingerprint density at radius 3 is 2.68 bits per heavy atom. The van der Waals surface area contributed by atoms with Gasteiger partial charge < -0.3 is 24.4 Å². The van der Waals surface area contributed by atoms with E-state index in [1.165, 1.54) is 7.11 Å². The van der Waals surface area contributed by atoms with E-state index < -0.39 is 11.5 Å². The number of anilines is 2. The van der Waals surface area contributed by atoms with Crippen LogP contribution in [0.5, 0.6) is 5.88 Å². The molecular formula is C22H32N4O5. The maximum Gasteiger partial charge on any atom is 0.411 e. The van der Waals surface area contributed by atoms with Crippen molar-refractivity contribution in [2.45, 2.75) is 57.1 Å². The van der Waals surface area contributed by atoms with Crippen LogP contribution in [0, 0.1) is 5.41 Å². The van der Waals surface area contributed by atoms with Gasteiger partial charge >= 0.3 is 6.09 Å². The second kappa shape index (κ2) is 8.90. The second-order valence-electron chi connectivity index (χ2n) is 8.86. The van der Waals surface area contributed by atoms with Crippen molar-refractivity contribution in [3.8, 4) is 5.88 Å². The lowest BCUT2D eigenvalue weighted by Crippen LogP contribution is -2.50. The van der Waals surface area contributed by atoms with Gasteiger partial charge in [0.2, 0.25) is 11.8 Å². The summed E-state index contributed by atoms with van der Waals surface area (Å²) >= 11 is 0. The highest BCUT2D eigenvalue weighted by atomic mass is 16.5. The Kier molecular flexibility index (Phi) is 6.22. The third-order valence-electron chi connectivity index (χ3n) is 7.01. The van der Waals surface area contributed by atoms with Crippen molar-refractivity contribution in [3.63, 3.8) is 0 Å². The standard InChI is InChI=1S/C22H32N4O5/c1-30-18-9-8-17(23-21(29)31-2)19(24-18)25-12-3-10-22(14-25)11-13-26(20(22)28)15-4-6-16(27)7-5-15/h8-9,15-16,27H,3-7,10-14H2,1-2H3,(H,23,29)/t15?,16?,22-/m0/s1. The Labute approximate surface area is 182 Å². The number of carbonyl (C=O) groups excluding carboxylic acids is 2. The fourth-order valence-corrected chi connectivity index (χ4v) is 5.30. The summed E-state index contributed by atoms with van der Waals surface area (Å²) in [5.74, 6) is 1.27. The number of hydrogen-bond donors (Lipinski definition) is 2. The van der Waals surface area contributed by atoms with Crippen LogP contribution in [0.4, 0.5) is 16.3 Å². The highest BCUT2D eigenvalue weighted by Crippen LogP contribution is 2.44. The molecule has 3 aliphatic rings. The molecule has 1 aromatic heterocycles. The quantitative estimate of drug-likeness (QED) is 0.753. The molecule has 0 radical (unpaired) electrons. The molecule has 4 rings (SSSR count). The van der Waals surface area contributed by atoms with Crippen molar-refractivity contribution in [1.29, 1.82) is 0 Å². The number of aliphatic hydroxyl groups excluding tert-OH is 1. The van der Waals surface area contributed by atoms with E-state index in [0.29, 0.717) is 23.9 Å². The summed E-state index contributed by atoms with van der Waals surface area (Å²) in [6.45, 7) is 2.08. The normalized spacial score (nSPS) is 28.7. The summed E-state index contributed by atoms with van der Waals surface area (Å²) in [4.78, 5) is 34.1. The van der Waals surface area contributed by atoms with Crippen molar-refractivity contribution in [3.05, 3.63) is 12.1 Å². The van der Waals surface area contributed by atoms with Crippen LogP contribution in [0.3, 0.4) is 0 Å². The summed E-state index contributed by atoms with van der Waals surface area (Å²) < 4.78 is 10.0. The van der Waals surface area contributed by atoms with E-state index >= 15 is 0 Å². The van der Waals surface area contributed by atoms with Crippen LogP contribution in [0.25, 0.3) is 0 Å². The molecule has 0 aromatic carbocycles. The molecule has 1 aliphatic carbocycles. The van der Waals surface area contributed by atoms with Crippen molar-refractivity contribution >= 4 is 23.5 Å². The number of amides is 2. The third-order valence-corrected chi connectivity index (χ3v) is 7.01. The summed E-state index contributed by atoms with van der Waals surface area (Å²) in [7, 11) is 2.87. The Balaban J connectivity index is 1.55. The Morgan fingerprint density at radius 2 is 1.97 bits per heavy atom. The zero-order valence-electron chi connectivity index (χ0n) is 18.3. The molecule has 2 amide bonds. The highest BCUT2D eigenvalue weighted by Gasteiger charge is 2.51. The molecule has 1 spiro atoms. The van der Waals surface area contributed by atoms with Crippen LogP contribution in [-0.2, 0) is 9.53 Å². The number of carbonyl (C=O) groups is 2. The monoisotopic (exact) mass is 432 g/mol. The van der Waals surface area contributed by atoms with E-state index in [2.05, 4.69) is 20.1 Å². The van der Waals surface area contributed by atoms with Crippen molar-refractivity contribution in [2.24, 2.45) is 5.41 Å². The molecule has 2 aliphatic heterocycles. The van der Waals surface area contributed by atoms with E-state index in [1.807, 2.05) is 0 Å². The van der Waals surface area contributed by atoms with Gasteiger partial charge in [0.15, 0.2) is 5.82 Å². The largest absolute Gasteiger partial charge is 0.481 e. The first-order valence-electron chi connectivity index (χ1n) is 11.1. The van der Waals surface area contributed by atoms with E-state index in [-0.39, 0.29) is 18.1 Å². The van der Waals surface area contributed by atoms with Crippen LogP contribution in [0.2, 0.25) is 0 Å². The first kappa shape index (κ1) is 21.7. The summed E-state index contributed by atoms with van der Waals surface area (Å²) in [5, 5.41) is 12.5. The zero-order valence-corrected chi connectivity index (χ0v) is 18.3. The van der Waals surface area contributed by atoms with Gasteiger partial charge in [0.1, 0.15) is 0 Å². The van der Waals surface area contributed by atoms with Crippen LogP contribution in [-0.4, -0.2) is 73.0 Å². The number of likely N-dealkylation sites (tertiary alicyclic amines) is 1. The van der Waals surface area contributed by atoms with Crippen LogP contribution >= 0.6 is 0 Å². The van der Waals surface area contributed by atoms with Gasteiger partial charge in [0.25, 0.3) is 0 Å². The van der Waals surface area contributed by atoms with Crippen LogP contribution in [0.15, 0.2) is 12.1 Å². The molecule has 9 nitrogen and oxygen atoms in total. The van der Waals surface area contributed by atoms with Crippen molar-refractivity contribution in [2.75, 3.05) is 44.1 Å². The molecule has 2 saturated heterocycles. The van der Waals surface area contributed by atoms with Gasteiger partial charge in [-0.2, -0.15) is 4.98 Å². The molecule has 2 N–H and O–H groups in total. The molecule has 31 heavy (non-hydrogen) atoms. The Hall–Kier alpha value is -2.55. The minimum absolute atomic E-state index is 0.226. The maximum atomic E-state index is 13.6. The number of methoxy groups -OCH3 is 2. The number of piperidine rings is 1. The number of nitrogens with zero attached hydrogens (tertiary/aromatic N) is 3. The topological polar surface area (TPSA) is 104 Å². The molecule has 0 unspecified atom stereocenters. The first-order valence-corrected chi connectivity index (χ1v) is 11.1. The van der Waals surface area contributed by atoms with Gasteiger partial charge in [-0.1, -0.05) is 0 Å². The van der Waals surface area contributed by atoms with Gasteiger partial charge in [0.05, 0.1) is 31.4 Å². The number of aromatic nitrogens is 1. The van der Waals surface area contributed by atoms with E-state index in [0.717, 1.165) is 58.0 Å². The lowest BCUT2D eigenvalue weighted by Gasteiger charge is -2.41. The predicted octanol–water partition coefficient (Wildman–Crippen LogP) is 2.39. The first-order chi connectivity index (χ1) is 15.0. The molecule has 1 saturated carbocycles. The lowest BCUT2D eigenvalue weighted by molar-refractivity contribution is -0.139. The van der Waals surface area contributed by atoms with E-state index in [9.17, 15) is 14.7 Å². The summed E-state index contributed by atoms with van der Waals surface area (Å²) in [6, 6.07) is 3.67. The second-order valence-corrected chi connectivity index (χ2v) is 8.86. The molecule has 9 heteroatoms. The zero-order chi connectivity index (χ0) is 22.0. The molecule has 1 atom stereocenters. The summed E-state index contributed by atoms with van der Waals surface area (Å²) in [6.07, 6.45) is 5.04. The van der Waals surface area contributed by atoms with Gasteiger partial charge in [0, 0.05) is 31.7 Å². The molecule has 1 aromatic rings. The van der Waals surface area contributed by atoms with E-state index in [1.54, 1.807) is 19.2 Å². The number of hydrogen-bond acceptors (Lipinski definition) is 7. The maximum absolute atomic E-state index is 13.6. The Morgan fingerprint density at radius 1 is 1.19 bits per heavy atom. The number of rotatable bonds is 4. The molecule has 170 valence electrons. The molecule has 0 bridgehead atoms. The third kappa shape index (κ3) is 4.28. The van der Waals surface area contributed by atoms with Crippen LogP contribution < -0.4 is 15.0 Å². The van der Waals surface area contributed by atoms with Gasteiger partial charge in [-0.05, 0) is 51.0 Å². The SMILES string of the molecule is COC(=O)Nc1ccc(OC)nc1N1CCC[C@]2(CCN(C3CCC(O)CC3)C2=O)C1. The van der Waals surface area contributed by atoms with Gasteiger partial charge in [-0.15, -0.1) is 0 Å². The summed E-state index contributed by atoms with van der Waals surface area (Å²) in [5.41, 5.74) is 0.106. The lowest BCUT2D eigenvalue weighted by atomic mass is 9.78. The average molecular weight is 433 g/mol. The minimum atomic E-state index is -0.567. The highest BCUT2D eigenvalue weighted by molar-refractivity contribution is 5.90. The van der Waals surface area contributed by atoms with Crippen molar-refractivity contribution < 1.29 is 24.2 Å². The van der Waals surface area contributed by atoms with Gasteiger partial charge in [-0.3, -0.25) is 10.1 Å². The van der Waals surface area contributed by atoms with E-state index in [4.69, 9.17) is 9.47 Å². The fourth-order valence-electron chi connectivity index (χ4n) is 5.30.